The molecule has 0 aliphatic rings. The fraction of sp³-hybridized carbons (Fsp3) is 1.00. The van der Waals surface area contributed by atoms with Crippen LogP contribution in [0.4, 0.5) is 0 Å². The molecule has 2 atom stereocenters. The molecule has 3 heteroatoms. The van der Waals surface area contributed by atoms with Crippen LogP contribution in [0.15, 0.2) is 0 Å². The highest BCUT2D eigenvalue weighted by atomic mass is 16.5. The van der Waals surface area contributed by atoms with Crippen LogP contribution in [0.25, 0.3) is 0 Å². The molecule has 1 radical (unpaired) electrons. The van der Waals surface area contributed by atoms with Gasteiger partial charge < -0.3 is 9.47 Å². The van der Waals surface area contributed by atoms with Gasteiger partial charge in [0.15, 0.2) is 0 Å². The van der Waals surface area contributed by atoms with E-state index in [1.54, 1.807) is 0 Å². The highest BCUT2D eigenvalue weighted by Crippen LogP contribution is 2.08. The summed E-state index contributed by atoms with van der Waals surface area (Å²) < 4.78 is 11.2. The molecule has 2 unspecified atom stereocenters. The summed E-state index contributed by atoms with van der Waals surface area (Å²) in [6, 6.07) is 0. The summed E-state index contributed by atoms with van der Waals surface area (Å²) in [6.07, 6.45) is 6.82. The van der Waals surface area contributed by atoms with E-state index >= 15 is 0 Å². The van der Waals surface area contributed by atoms with E-state index < -0.39 is 0 Å². The molecule has 0 saturated heterocycles. The van der Waals surface area contributed by atoms with Crippen LogP contribution in [0, 0.1) is 0 Å². The molecule has 0 spiro atoms. The highest BCUT2D eigenvalue weighted by Gasteiger charge is 2.03. The van der Waals surface area contributed by atoms with Crippen molar-refractivity contribution in [1.82, 2.24) is 0 Å². The molecule has 0 aromatic carbocycles. The Bertz CT molecular complexity index is 150. The monoisotopic (exact) mass is 245 g/mol. The van der Waals surface area contributed by atoms with Gasteiger partial charge in [0.05, 0.1) is 18.8 Å². The molecule has 0 N–H and O–H groups in total. The molecule has 0 rings (SSSR count). The normalized spacial score (nSPS) is 14.8. The molecule has 0 aliphatic heterocycles. The number of ether oxygens (including phenoxy) is 2. The molecular formula is C14H29O3. The second-order valence-corrected chi connectivity index (χ2v) is 4.64. The first-order valence-corrected chi connectivity index (χ1v) is 7.02. The molecule has 0 aromatic heterocycles. The lowest BCUT2D eigenvalue weighted by atomic mass is 10.1. The Balaban J connectivity index is 3.21. The zero-order valence-corrected chi connectivity index (χ0v) is 11.7. The van der Waals surface area contributed by atoms with E-state index in [-0.39, 0.29) is 6.61 Å². The van der Waals surface area contributed by atoms with Crippen LogP contribution in [-0.4, -0.2) is 32.0 Å². The van der Waals surface area contributed by atoms with Crippen LogP contribution < -0.4 is 0 Å². The van der Waals surface area contributed by atoms with Gasteiger partial charge in [0.25, 0.3) is 0 Å². The topological polar surface area (TPSA) is 38.4 Å². The second-order valence-electron chi connectivity index (χ2n) is 4.64. The minimum Gasteiger partial charge on any atom is -0.379 e. The van der Waals surface area contributed by atoms with Crippen molar-refractivity contribution < 1.29 is 14.6 Å². The van der Waals surface area contributed by atoms with Gasteiger partial charge in [-0.1, -0.05) is 0 Å². The molecule has 0 amide bonds. The van der Waals surface area contributed by atoms with Crippen LogP contribution >= 0.6 is 0 Å². The van der Waals surface area contributed by atoms with Crippen molar-refractivity contribution >= 4 is 0 Å². The third-order valence-electron chi connectivity index (χ3n) is 2.86. The molecule has 17 heavy (non-hydrogen) atoms. The Morgan fingerprint density at radius 1 is 0.882 bits per heavy atom. The van der Waals surface area contributed by atoms with Gasteiger partial charge in [0.2, 0.25) is 0 Å². The van der Waals surface area contributed by atoms with Crippen molar-refractivity contribution in [3.63, 3.8) is 0 Å². The maximum atomic E-state index is 10.3. The molecule has 0 aromatic rings. The molecular weight excluding hydrogens is 216 g/mol. The number of rotatable bonds is 12. The predicted octanol–water partition coefficient (Wildman–Crippen LogP) is 3.59. The Morgan fingerprint density at radius 3 is 2.06 bits per heavy atom. The number of hydrogen-bond acceptors (Lipinski definition) is 2. The summed E-state index contributed by atoms with van der Waals surface area (Å²) in [5, 5.41) is 10.3. The van der Waals surface area contributed by atoms with Gasteiger partial charge in [-0.2, -0.15) is 0 Å². The average molecular weight is 245 g/mol. The van der Waals surface area contributed by atoms with Crippen LogP contribution in [0.1, 0.15) is 59.3 Å². The first kappa shape index (κ1) is 16.9. The minimum absolute atomic E-state index is 0.0437. The van der Waals surface area contributed by atoms with Gasteiger partial charge in [-0.25, -0.2) is 5.11 Å². The fourth-order valence-electron chi connectivity index (χ4n) is 1.80. The van der Waals surface area contributed by atoms with Gasteiger partial charge in [0, 0.05) is 13.2 Å². The lowest BCUT2D eigenvalue weighted by Gasteiger charge is -2.14. The van der Waals surface area contributed by atoms with Crippen molar-refractivity contribution in [2.75, 3.05) is 19.8 Å². The minimum atomic E-state index is 0.0437. The van der Waals surface area contributed by atoms with E-state index in [2.05, 4.69) is 13.8 Å². The van der Waals surface area contributed by atoms with Crippen molar-refractivity contribution in [3.8, 4) is 0 Å². The Morgan fingerprint density at radius 2 is 1.47 bits per heavy atom. The number of unbranched alkanes of at least 4 members (excludes halogenated alkanes) is 2. The molecule has 3 nitrogen and oxygen atoms in total. The molecule has 0 aliphatic carbocycles. The summed E-state index contributed by atoms with van der Waals surface area (Å²) in [5.74, 6) is 0. The quantitative estimate of drug-likeness (QED) is 0.493. The first-order chi connectivity index (χ1) is 8.20. The van der Waals surface area contributed by atoms with Crippen LogP contribution in [0.2, 0.25) is 0 Å². The Hall–Kier alpha value is -0.120. The van der Waals surface area contributed by atoms with E-state index in [0.717, 1.165) is 51.7 Å². The summed E-state index contributed by atoms with van der Waals surface area (Å²) in [5.41, 5.74) is 0. The molecule has 103 valence electrons. The van der Waals surface area contributed by atoms with Gasteiger partial charge in [-0.15, -0.1) is 0 Å². The van der Waals surface area contributed by atoms with Gasteiger partial charge in [-0.3, -0.25) is 0 Å². The van der Waals surface area contributed by atoms with Crippen LogP contribution in [-0.2, 0) is 14.6 Å². The lowest BCUT2D eigenvalue weighted by Crippen LogP contribution is -2.11. The second kappa shape index (κ2) is 12.3. The molecule has 0 fully saturated rings. The molecule has 0 bridgehead atoms. The lowest BCUT2D eigenvalue weighted by molar-refractivity contribution is 0.0454. The van der Waals surface area contributed by atoms with Crippen LogP contribution in [0.5, 0.6) is 0 Å². The van der Waals surface area contributed by atoms with Gasteiger partial charge >= 0.3 is 0 Å². The standard InChI is InChI=1S/C14H29O3/c1-4-16-13(2)10-6-8-12-17-14(3)9-5-7-11-15/h13-14H,4-12H2,1-3H3. The van der Waals surface area contributed by atoms with Crippen LogP contribution in [0.3, 0.4) is 0 Å². The van der Waals surface area contributed by atoms with E-state index in [9.17, 15) is 5.11 Å². The van der Waals surface area contributed by atoms with Crippen molar-refractivity contribution in [2.45, 2.75) is 71.5 Å². The summed E-state index contributed by atoms with van der Waals surface area (Å²) in [7, 11) is 0. The third-order valence-corrected chi connectivity index (χ3v) is 2.86. The first-order valence-electron chi connectivity index (χ1n) is 7.02. The zero-order chi connectivity index (χ0) is 12.9. The molecule has 0 saturated carbocycles. The average Bonchev–Trinajstić information content (AvgIpc) is 2.29. The zero-order valence-electron chi connectivity index (χ0n) is 11.7. The van der Waals surface area contributed by atoms with E-state index in [1.807, 2.05) is 6.92 Å². The molecule has 0 heterocycles. The SMILES string of the molecule is CCOC(C)CCCCOC(C)CCCC[O]. The van der Waals surface area contributed by atoms with E-state index in [0.29, 0.717) is 12.2 Å². The maximum Gasteiger partial charge on any atom is 0.0822 e. The Kier molecular flexibility index (Phi) is 12.3. The third kappa shape index (κ3) is 12.1. The van der Waals surface area contributed by atoms with E-state index in [4.69, 9.17) is 9.47 Å². The van der Waals surface area contributed by atoms with E-state index in [1.165, 1.54) is 0 Å². The highest BCUT2D eigenvalue weighted by molar-refractivity contribution is 4.53. The fourth-order valence-corrected chi connectivity index (χ4v) is 1.80. The van der Waals surface area contributed by atoms with Crippen molar-refractivity contribution in [2.24, 2.45) is 0 Å². The summed E-state index contributed by atoms with van der Waals surface area (Å²) >= 11 is 0. The largest absolute Gasteiger partial charge is 0.379 e. The van der Waals surface area contributed by atoms with Crippen molar-refractivity contribution in [3.05, 3.63) is 0 Å². The van der Waals surface area contributed by atoms with Gasteiger partial charge in [0.1, 0.15) is 0 Å². The van der Waals surface area contributed by atoms with Crippen molar-refractivity contribution in [1.29, 1.82) is 0 Å². The smallest absolute Gasteiger partial charge is 0.0822 e. The predicted molar refractivity (Wildman–Crippen MR) is 69.8 cm³/mol. The Labute approximate surface area is 107 Å². The maximum absolute atomic E-state index is 10.3. The number of hydrogen-bond donors (Lipinski definition) is 0. The summed E-state index contributed by atoms with van der Waals surface area (Å²) in [4.78, 5) is 0. The van der Waals surface area contributed by atoms with Gasteiger partial charge in [-0.05, 0) is 59.3 Å². The summed E-state index contributed by atoms with van der Waals surface area (Å²) in [6.45, 7) is 7.92.